The second-order valence-corrected chi connectivity index (χ2v) is 5.73. The highest BCUT2D eigenvalue weighted by Gasteiger charge is 2.32. The maximum absolute atomic E-state index is 10.2. The van der Waals surface area contributed by atoms with Crippen molar-refractivity contribution >= 4 is 0 Å². The van der Waals surface area contributed by atoms with Crippen LogP contribution in [0.1, 0.15) is 23.1 Å². The van der Waals surface area contributed by atoms with Crippen molar-refractivity contribution in [2.75, 3.05) is 6.61 Å². The first kappa shape index (κ1) is 14.1. The molecule has 1 aliphatic carbocycles. The van der Waals surface area contributed by atoms with Crippen LogP contribution in [-0.2, 0) is 19.4 Å². The average Bonchev–Trinajstić information content (AvgIpc) is 2.53. The molecule has 0 saturated carbocycles. The largest absolute Gasteiger partial charge is 0.489 e. The standard InChI is InChI=1S/C18H20O3/c19-13-18(20)10-9-16-15(11-18)7-4-8-17(16)21-12-14-5-2-1-3-6-14/h1-8,19-20H,9-13H2/t18-/m1/s1. The monoisotopic (exact) mass is 284 g/mol. The average molecular weight is 284 g/mol. The fourth-order valence-electron chi connectivity index (χ4n) is 2.87. The van der Waals surface area contributed by atoms with Crippen LogP contribution in [0.5, 0.6) is 5.75 Å². The van der Waals surface area contributed by atoms with Gasteiger partial charge in [0.05, 0.1) is 12.2 Å². The summed E-state index contributed by atoms with van der Waals surface area (Å²) in [6.07, 6.45) is 1.79. The first-order valence-electron chi connectivity index (χ1n) is 7.31. The van der Waals surface area contributed by atoms with Gasteiger partial charge in [0.2, 0.25) is 0 Å². The van der Waals surface area contributed by atoms with E-state index >= 15 is 0 Å². The Kier molecular flexibility index (Phi) is 3.95. The number of aliphatic hydroxyl groups excluding tert-OH is 1. The van der Waals surface area contributed by atoms with E-state index in [2.05, 4.69) is 0 Å². The molecular formula is C18H20O3. The molecule has 0 unspecified atom stereocenters. The summed E-state index contributed by atoms with van der Waals surface area (Å²) in [5, 5.41) is 19.6. The Balaban J connectivity index is 1.77. The molecule has 110 valence electrons. The van der Waals surface area contributed by atoms with Crippen molar-refractivity contribution < 1.29 is 14.9 Å². The summed E-state index contributed by atoms with van der Waals surface area (Å²) in [4.78, 5) is 0. The van der Waals surface area contributed by atoms with E-state index in [0.29, 0.717) is 19.4 Å². The number of hydrogen-bond donors (Lipinski definition) is 2. The second-order valence-electron chi connectivity index (χ2n) is 5.73. The van der Waals surface area contributed by atoms with E-state index < -0.39 is 5.60 Å². The molecule has 21 heavy (non-hydrogen) atoms. The van der Waals surface area contributed by atoms with Crippen LogP contribution in [0, 0.1) is 0 Å². The molecule has 3 heteroatoms. The third kappa shape index (κ3) is 3.09. The van der Waals surface area contributed by atoms with Gasteiger partial charge in [-0.3, -0.25) is 0 Å². The van der Waals surface area contributed by atoms with Crippen molar-refractivity contribution in [1.29, 1.82) is 0 Å². The molecule has 0 bridgehead atoms. The van der Waals surface area contributed by atoms with Gasteiger partial charge in [0.25, 0.3) is 0 Å². The third-order valence-corrected chi connectivity index (χ3v) is 4.12. The molecule has 0 aliphatic heterocycles. The van der Waals surface area contributed by atoms with Crippen LogP contribution in [0.3, 0.4) is 0 Å². The lowest BCUT2D eigenvalue weighted by Gasteiger charge is -2.32. The summed E-state index contributed by atoms with van der Waals surface area (Å²) >= 11 is 0. The van der Waals surface area contributed by atoms with Crippen LogP contribution < -0.4 is 4.74 Å². The Labute approximate surface area is 124 Å². The van der Waals surface area contributed by atoms with Crippen molar-refractivity contribution in [2.24, 2.45) is 0 Å². The van der Waals surface area contributed by atoms with Crippen LogP contribution in [0.15, 0.2) is 48.5 Å². The summed E-state index contributed by atoms with van der Waals surface area (Å²) in [5.74, 6) is 0.886. The van der Waals surface area contributed by atoms with E-state index in [4.69, 9.17) is 4.74 Å². The highest BCUT2D eigenvalue weighted by molar-refractivity contribution is 5.43. The number of aliphatic hydroxyl groups is 2. The van der Waals surface area contributed by atoms with Crippen molar-refractivity contribution in [3.8, 4) is 5.75 Å². The van der Waals surface area contributed by atoms with Gasteiger partial charge in [0, 0.05) is 6.42 Å². The molecule has 0 amide bonds. The molecule has 1 aliphatic rings. The molecule has 3 rings (SSSR count). The predicted molar refractivity (Wildman–Crippen MR) is 81.3 cm³/mol. The molecule has 1 atom stereocenters. The van der Waals surface area contributed by atoms with E-state index in [-0.39, 0.29) is 6.61 Å². The van der Waals surface area contributed by atoms with Crippen LogP contribution >= 0.6 is 0 Å². The fraction of sp³-hybridized carbons (Fsp3) is 0.333. The highest BCUT2D eigenvalue weighted by atomic mass is 16.5. The minimum absolute atomic E-state index is 0.193. The van der Waals surface area contributed by atoms with Crippen molar-refractivity contribution in [1.82, 2.24) is 0 Å². The van der Waals surface area contributed by atoms with Gasteiger partial charge in [-0.25, -0.2) is 0 Å². The first-order valence-corrected chi connectivity index (χ1v) is 7.31. The molecule has 0 aromatic heterocycles. The smallest absolute Gasteiger partial charge is 0.123 e. The van der Waals surface area contributed by atoms with E-state index in [1.807, 2.05) is 48.5 Å². The second kappa shape index (κ2) is 5.88. The number of hydrogen-bond acceptors (Lipinski definition) is 3. The molecule has 0 saturated heterocycles. The van der Waals surface area contributed by atoms with Crippen molar-refractivity contribution in [3.63, 3.8) is 0 Å². The van der Waals surface area contributed by atoms with Gasteiger partial charge in [0.15, 0.2) is 0 Å². The van der Waals surface area contributed by atoms with Gasteiger partial charge in [-0.15, -0.1) is 0 Å². The zero-order chi connectivity index (χ0) is 14.7. The van der Waals surface area contributed by atoms with Gasteiger partial charge in [-0.05, 0) is 35.6 Å². The third-order valence-electron chi connectivity index (χ3n) is 4.12. The minimum Gasteiger partial charge on any atom is -0.489 e. The van der Waals surface area contributed by atoms with Gasteiger partial charge in [-0.2, -0.15) is 0 Å². The summed E-state index contributed by atoms with van der Waals surface area (Å²) < 4.78 is 5.95. The fourth-order valence-corrected chi connectivity index (χ4v) is 2.87. The summed E-state index contributed by atoms with van der Waals surface area (Å²) in [7, 11) is 0. The Morgan fingerprint density at radius 1 is 1.05 bits per heavy atom. The maximum Gasteiger partial charge on any atom is 0.123 e. The summed E-state index contributed by atoms with van der Waals surface area (Å²) in [5.41, 5.74) is 2.39. The Hall–Kier alpha value is -1.84. The zero-order valence-corrected chi connectivity index (χ0v) is 12.0. The van der Waals surface area contributed by atoms with E-state index in [1.54, 1.807) is 0 Å². The normalized spacial score (nSPS) is 20.9. The Morgan fingerprint density at radius 3 is 2.62 bits per heavy atom. The number of rotatable bonds is 4. The lowest BCUT2D eigenvalue weighted by atomic mass is 9.80. The molecular weight excluding hydrogens is 264 g/mol. The molecule has 0 heterocycles. The summed E-state index contributed by atoms with van der Waals surface area (Å²) in [6.45, 7) is 0.350. The van der Waals surface area contributed by atoms with E-state index in [9.17, 15) is 10.2 Å². The SMILES string of the molecule is OC[C@@]1(O)CCc2c(cccc2OCc2ccccc2)C1. The Morgan fingerprint density at radius 2 is 1.86 bits per heavy atom. The van der Waals surface area contributed by atoms with Gasteiger partial charge in [0.1, 0.15) is 12.4 Å². The lowest BCUT2D eigenvalue weighted by Crippen LogP contribution is -2.39. The number of ether oxygens (including phenoxy) is 1. The molecule has 2 aromatic rings. The van der Waals surface area contributed by atoms with Crippen LogP contribution in [0.4, 0.5) is 0 Å². The molecule has 2 N–H and O–H groups in total. The van der Waals surface area contributed by atoms with Crippen molar-refractivity contribution in [2.45, 2.75) is 31.5 Å². The van der Waals surface area contributed by atoms with E-state index in [1.165, 1.54) is 0 Å². The Bertz CT molecular complexity index is 609. The highest BCUT2D eigenvalue weighted by Crippen LogP contribution is 2.34. The topological polar surface area (TPSA) is 49.7 Å². The quantitative estimate of drug-likeness (QED) is 0.907. The molecule has 2 aromatic carbocycles. The van der Waals surface area contributed by atoms with Crippen molar-refractivity contribution in [3.05, 3.63) is 65.2 Å². The van der Waals surface area contributed by atoms with Crippen LogP contribution in [0.25, 0.3) is 0 Å². The number of fused-ring (bicyclic) bond motifs is 1. The first-order chi connectivity index (χ1) is 10.2. The lowest BCUT2D eigenvalue weighted by molar-refractivity contribution is -0.0250. The van der Waals surface area contributed by atoms with Crippen LogP contribution in [-0.4, -0.2) is 22.4 Å². The molecule has 0 fully saturated rings. The number of benzene rings is 2. The molecule has 0 spiro atoms. The van der Waals surface area contributed by atoms with E-state index in [0.717, 1.165) is 28.9 Å². The predicted octanol–water partition coefficient (Wildman–Crippen LogP) is 2.48. The molecule has 0 radical (unpaired) electrons. The van der Waals surface area contributed by atoms with Crippen LogP contribution in [0.2, 0.25) is 0 Å². The molecule has 3 nitrogen and oxygen atoms in total. The summed E-state index contributed by atoms with van der Waals surface area (Å²) in [6, 6.07) is 16.0. The maximum atomic E-state index is 10.2. The zero-order valence-electron chi connectivity index (χ0n) is 12.0. The van der Waals surface area contributed by atoms with Gasteiger partial charge in [-0.1, -0.05) is 42.5 Å². The van der Waals surface area contributed by atoms with Gasteiger partial charge < -0.3 is 14.9 Å². The van der Waals surface area contributed by atoms with Gasteiger partial charge >= 0.3 is 0 Å². The minimum atomic E-state index is -0.981.